The number of hydrogen-bond acceptors (Lipinski definition) is 5. The number of aliphatic hydroxyl groups is 2. The molecule has 0 amide bonds. The van der Waals surface area contributed by atoms with Crippen molar-refractivity contribution >= 4 is 8.60 Å². The van der Waals surface area contributed by atoms with E-state index in [0.29, 0.717) is 6.42 Å². The van der Waals surface area contributed by atoms with Crippen LogP contribution in [-0.2, 0) is 5.60 Å². The predicted octanol–water partition coefficient (Wildman–Crippen LogP) is 1.02. The van der Waals surface area contributed by atoms with Crippen LogP contribution in [0.2, 0.25) is 0 Å². The molecular weight excluding hydrogens is 255 g/mol. The Labute approximate surface area is 108 Å². The van der Waals surface area contributed by atoms with Crippen molar-refractivity contribution in [1.29, 1.82) is 0 Å². The average molecular weight is 274 g/mol. The summed E-state index contributed by atoms with van der Waals surface area (Å²) in [6.45, 7) is 5.16. The van der Waals surface area contributed by atoms with Crippen molar-refractivity contribution < 1.29 is 24.9 Å². The van der Waals surface area contributed by atoms with Gasteiger partial charge in [0.1, 0.15) is 5.60 Å². The molecule has 0 aliphatic heterocycles. The van der Waals surface area contributed by atoms with Gasteiger partial charge in [0, 0.05) is 6.42 Å². The standard InChI is InChI=1S/C12H16O2.H3O3P/c1-3-9-12(14,10(2)13)11-7-5-4-6-8-11;1-4(2)3/h3-8,10,13-14H,1,9H2,2H3;1-3H. The van der Waals surface area contributed by atoms with Crippen LogP contribution in [0.3, 0.4) is 0 Å². The van der Waals surface area contributed by atoms with Crippen LogP contribution in [0.5, 0.6) is 0 Å². The van der Waals surface area contributed by atoms with Gasteiger partial charge < -0.3 is 24.9 Å². The quantitative estimate of drug-likeness (QED) is 0.417. The summed E-state index contributed by atoms with van der Waals surface area (Å²) >= 11 is 0. The molecule has 0 heterocycles. The number of rotatable bonds is 4. The van der Waals surface area contributed by atoms with Gasteiger partial charge in [0.05, 0.1) is 6.10 Å². The number of aliphatic hydroxyl groups excluding tert-OH is 1. The topological polar surface area (TPSA) is 101 Å². The highest BCUT2D eigenvalue weighted by atomic mass is 31.2. The third kappa shape index (κ3) is 5.69. The summed E-state index contributed by atoms with van der Waals surface area (Å²) in [6.07, 6.45) is 1.14. The van der Waals surface area contributed by atoms with Gasteiger partial charge in [-0.3, -0.25) is 0 Å². The summed E-state index contributed by atoms with van der Waals surface area (Å²) in [6, 6.07) is 9.16. The van der Waals surface area contributed by atoms with Gasteiger partial charge in [0.2, 0.25) is 0 Å². The molecule has 5 N–H and O–H groups in total. The highest BCUT2D eigenvalue weighted by Gasteiger charge is 2.32. The number of benzene rings is 1. The lowest BCUT2D eigenvalue weighted by molar-refractivity contribution is -0.0692. The molecule has 0 bridgehead atoms. The fraction of sp³-hybridized carbons (Fsp3) is 0.333. The van der Waals surface area contributed by atoms with Crippen molar-refractivity contribution in [3.05, 3.63) is 48.6 Å². The summed E-state index contributed by atoms with van der Waals surface area (Å²) in [7, 11) is -2.62. The second-order valence-corrected chi connectivity index (χ2v) is 4.26. The zero-order chi connectivity index (χ0) is 14.2. The van der Waals surface area contributed by atoms with E-state index in [-0.39, 0.29) is 0 Å². The van der Waals surface area contributed by atoms with E-state index in [2.05, 4.69) is 6.58 Å². The Balaban J connectivity index is 0.000000631. The fourth-order valence-electron chi connectivity index (χ4n) is 1.48. The SMILES string of the molecule is C=CCC(O)(c1ccccc1)C(C)O.OP(O)O. The van der Waals surface area contributed by atoms with Crippen molar-refractivity contribution in [2.75, 3.05) is 0 Å². The molecule has 0 radical (unpaired) electrons. The third-order valence-corrected chi connectivity index (χ3v) is 2.42. The van der Waals surface area contributed by atoms with E-state index >= 15 is 0 Å². The van der Waals surface area contributed by atoms with Gasteiger partial charge in [-0.25, -0.2) is 0 Å². The molecule has 5 nitrogen and oxygen atoms in total. The van der Waals surface area contributed by atoms with Crippen LogP contribution < -0.4 is 0 Å². The van der Waals surface area contributed by atoms with Gasteiger partial charge in [-0.1, -0.05) is 36.4 Å². The van der Waals surface area contributed by atoms with Gasteiger partial charge in [-0.15, -0.1) is 6.58 Å². The Bertz CT molecular complexity index is 339. The zero-order valence-corrected chi connectivity index (χ0v) is 11.0. The monoisotopic (exact) mass is 274 g/mol. The van der Waals surface area contributed by atoms with E-state index in [1.807, 2.05) is 18.2 Å². The average Bonchev–Trinajstić information content (AvgIpc) is 2.29. The van der Waals surface area contributed by atoms with Crippen molar-refractivity contribution in [2.24, 2.45) is 0 Å². The van der Waals surface area contributed by atoms with E-state index in [4.69, 9.17) is 14.7 Å². The first kappa shape index (κ1) is 17.2. The molecule has 0 aliphatic rings. The van der Waals surface area contributed by atoms with Crippen LogP contribution in [-0.4, -0.2) is 31.0 Å². The molecule has 0 saturated carbocycles. The smallest absolute Gasteiger partial charge is 0.324 e. The first-order valence-electron chi connectivity index (χ1n) is 5.28. The molecule has 0 saturated heterocycles. The summed E-state index contributed by atoms with van der Waals surface area (Å²) in [4.78, 5) is 21.7. The molecule has 2 unspecified atom stereocenters. The Kier molecular flexibility index (Phi) is 7.95. The van der Waals surface area contributed by atoms with Gasteiger partial charge in [0.25, 0.3) is 0 Å². The van der Waals surface area contributed by atoms with E-state index in [1.54, 1.807) is 25.1 Å². The first-order valence-corrected chi connectivity index (χ1v) is 6.48. The highest BCUT2D eigenvalue weighted by Crippen LogP contribution is 2.28. The van der Waals surface area contributed by atoms with Crippen molar-refractivity contribution in [3.8, 4) is 0 Å². The second-order valence-electron chi connectivity index (χ2n) is 3.73. The molecule has 1 rings (SSSR count). The normalized spacial score (nSPS) is 15.3. The van der Waals surface area contributed by atoms with Crippen LogP contribution in [0.15, 0.2) is 43.0 Å². The lowest BCUT2D eigenvalue weighted by Gasteiger charge is -2.30. The van der Waals surface area contributed by atoms with Crippen molar-refractivity contribution in [2.45, 2.75) is 25.0 Å². The molecule has 1 aromatic carbocycles. The van der Waals surface area contributed by atoms with Crippen molar-refractivity contribution in [3.63, 3.8) is 0 Å². The van der Waals surface area contributed by atoms with E-state index < -0.39 is 20.3 Å². The maximum absolute atomic E-state index is 10.2. The van der Waals surface area contributed by atoms with E-state index in [0.717, 1.165) is 5.56 Å². The minimum Gasteiger partial charge on any atom is -0.390 e. The maximum atomic E-state index is 10.2. The van der Waals surface area contributed by atoms with Gasteiger partial charge in [-0.05, 0) is 12.5 Å². The molecule has 2 atom stereocenters. The van der Waals surface area contributed by atoms with E-state index in [9.17, 15) is 10.2 Å². The van der Waals surface area contributed by atoms with Crippen LogP contribution >= 0.6 is 8.60 Å². The van der Waals surface area contributed by atoms with Crippen LogP contribution in [0.25, 0.3) is 0 Å². The zero-order valence-electron chi connectivity index (χ0n) is 10.1. The van der Waals surface area contributed by atoms with Gasteiger partial charge in [-0.2, -0.15) is 0 Å². The van der Waals surface area contributed by atoms with Gasteiger partial charge >= 0.3 is 8.60 Å². The lowest BCUT2D eigenvalue weighted by Crippen LogP contribution is -2.37. The Morgan fingerprint density at radius 3 is 2.06 bits per heavy atom. The molecule has 0 spiro atoms. The Hall–Kier alpha value is -0.810. The summed E-state index contributed by atoms with van der Waals surface area (Å²) in [5.74, 6) is 0. The summed E-state index contributed by atoms with van der Waals surface area (Å²) in [5.41, 5.74) is -0.502. The summed E-state index contributed by atoms with van der Waals surface area (Å²) < 4.78 is 0. The largest absolute Gasteiger partial charge is 0.390 e. The summed E-state index contributed by atoms with van der Waals surface area (Å²) in [5, 5.41) is 19.8. The second kappa shape index (κ2) is 8.32. The van der Waals surface area contributed by atoms with Gasteiger partial charge in [0.15, 0.2) is 0 Å². The Morgan fingerprint density at radius 1 is 1.28 bits per heavy atom. The molecule has 102 valence electrons. The molecule has 0 fully saturated rings. The van der Waals surface area contributed by atoms with E-state index in [1.165, 1.54) is 0 Å². The van der Waals surface area contributed by atoms with Crippen LogP contribution in [0.1, 0.15) is 18.9 Å². The minimum atomic E-state index is -2.62. The third-order valence-electron chi connectivity index (χ3n) is 2.42. The molecular formula is C12H19O5P. The maximum Gasteiger partial charge on any atom is 0.324 e. The molecule has 6 heteroatoms. The molecule has 0 aliphatic carbocycles. The lowest BCUT2D eigenvalue weighted by atomic mass is 9.86. The van der Waals surface area contributed by atoms with Crippen LogP contribution in [0.4, 0.5) is 0 Å². The minimum absolute atomic E-state index is 0.342. The molecule has 18 heavy (non-hydrogen) atoms. The van der Waals surface area contributed by atoms with Crippen molar-refractivity contribution in [1.82, 2.24) is 0 Å². The fourth-order valence-corrected chi connectivity index (χ4v) is 1.48. The Morgan fingerprint density at radius 2 is 1.72 bits per heavy atom. The number of hydrogen-bond donors (Lipinski definition) is 5. The highest BCUT2D eigenvalue weighted by molar-refractivity contribution is 7.38. The first-order chi connectivity index (χ1) is 8.34. The predicted molar refractivity (Wildman–Crippen MR) is 70.4 cm³/mol. The molecule has 1 aromatic rings. The van der Waals surface area contributed by atoms with Crippen LogP contribution in [0, 0.1) is 0 Å². The molecule has 0 aromatic heterocycles.